The van der Waals surface area contributed by atoms with Crippen LogP contribution in [0.2, 0.25) is 0 Å². The smallest absolute Gasteiger partial charge is 0.0499 e. The third kappa shape index (κ3) is 2.12. The zero-order valence-corrected chi connectivity index (χ0v) is 8.00. The Hall–Kier alpha value is -0.740. The summed E-state index contributed by atoms with van der Waals surface area (Å²) in [5.74, 6) is 7.98. The van der Waals surface area contributed by atoms with Gasteiger partial charge in [0.1, 0.15) is 0 Å². The van der Waals surface area contributed by atoms with Gasteiger partial charge in [-0.05, 0) is 30.8 Å². The molecule has 0 bridgehead atoms. The van der Waals surface area contributed by atoms with E-state index in [0.29, 0.717) is 5.92 Å². The van der Waals surface area contributed by atoms with Gasteiger partial charge in [-0.1, -0.05) is 18.9 Å². The summed E-state index contributed by atoms with van der Waals surface area (Å²) in [7, 11) is 1.76. The van der Waals surface area contributed by atoms with Gasteiger partial charge in [-0.3, -0.25) is 0 Å². The first kappa shape index (κ1) is 9.35. The van der Waals surface area contributed by atoms with Gasteiger partial charge >= 0.3 is 0 Å². The van der Waals surface area contributed by atoms with Gasteiger partial charge in [-0.15, -0.1) is 5.92 Å². The van der Waals surface area contributed by atoms with E-state index in [1.54, 1.807) is 7.11 Å². The molecule has 1 rings (SSSR count). The molecule has 12 heavy (non-hydrogen) atoms. The SMILES string of the molecule is CC#CC=CC1C(C)C1COC. The topological polar surface area (TPSA) is 9.23 Å². The molecule has 1 aliphatic carbocycles. The van der Waals surface area contributed by atoms with Crippen LogP contribution in [0.25, 0.3) is 0 Å². The first-order valence-corrected chi connectivity index (χ1v) is 4.39. The molecule has 0 aromatic rings. The Morgan fingerprint density at radius 2 is 2.25 bits per heavy atom. The van der Waals surface area contributed by atoms with E-state index in [0.717, 1.165) is 18.4 Å². The summed E-state index contributed by atoms with van der Waals surface area (Å²) in [6.07, 6.45) is 4.15. The van der Waals surface area contributed by atoms with Crippen LogP contribution in [-0.2, 0) is 4.74 Å². The van der Waals surface area contributed by atoms with Gasteiger partial charge in [-0.25, -0.2) is 0 Å². The van der Waals surface area contributed by atoms with Crippen molar-refractivity contribution < 1.29 is 4.74 Å². The van der Waals surface area contributed by atoms with E-state index in [-0.39, 0.29) is 0 Å². The van der Waals surface area contributed by atoms with Crippen LogP contribution >= 0.6 is 0 Å². The maximum atomic E-state index is 5.10. The zero-order chi connectivity index (χ0) is 8.97. The molecule has 0 aromatic carbocycles. The van der Waals surface area contributed by atoms with E-state index >= 15 is 0 Å². The van der Waals surface area contributed by atoms with E-state index in [4.69, 9.17) is 4.74 Å². The molecule has 0 amide bonds. The highest BCUT2D eigenvalue weighted by Gasteiger charge is 2.44. The highest BCUT2D eigenvalue weighted by molar-refractivity contribution is 5.18. The summed E-state index contributed by atoms with van der Waals surface area (Å²) < 4.78 is 5.10. The zero-order valence-electron chi connectivity index (χ0n) is 8.00. The van der Waals surface area contributed by atoms with E-state index in [2.05, 4.69) is 24.8 Å². The molecule has 0 aromatic heterocycles. The number of rotatable bonds is 3. The first-order valence-electron chi connectivity index (χ1n) is 4.39. The average molecular weight is 164 g/mol. The second-order valence-electron chi connectivity index (χ2n) is 3.31. The van der Waals surface area contributed by atoms with Gasteiger partial charge in [0.15, 0.2) is 0 Å². The summed E-state index contributed by atoms with van der Waals surface area (Å²) in [4.78, 5) is 0. The van der Waals surface area contributed by atoms with Crippen molar-refractivity contribution in [3.05, 3.63) is 12.2 Å². The lowest BCUT2D eigenvalue weighted by Gasteiger charge is -1.91. The van der Waals surface area contributed by atoms with E-state index in [9.17, 15) is 0 Å². The van der Waals surface area contributed by atoms with Gasteiger partial charge in [-0.2, -0.15) is 0 Å². The Kier molecular flexibility index (Phi) is 3.37. The molecule has 1 saturated carbocycles. The molecule has 0 heterocycles. The van der Waals surface area contributed by atoms with Crippen molar-refractivity contribution in [2.75, 3.05) is 13.7 Å². The van der Waals surface area contributed by atoms with Crippen LogP contribution in [0.5, 0.6) is 0 Å². The monoisotopic (exact) mass is 164 g/mol. The highest BCUT2D eigenvalue weighted by atomic mass is 16.5. The fourth-order valence-corrected chi connectivity index (χ4v) is 1.60. The lowest BCUT2D eigenvalue weighted by molar-refractivity contribution is 0.180. The van der Waals surface area contributed by atoms with Crippen LogP contribution in [0, 0.1) is 29.6 Å². The van der Waals surface area contributed by atoms with Crippen molar-refractivity contribution in [1.82, 2.24) is 0 Å². The lowest BCUT2D eigenvalue weighted by Crippen LogP contribution is -1.92. The number of methoxy groups -OCH3 is 1. The third-order valence-electron chi connectivity index (χ3n) is 2.54. The Labute approximate surface area is 74.8 Å². The molecular weight excluding hydrogens is 148 g/mol. The quantitative estimate of drug-likeness (QED) is 0.580. The van der Waals surface area contributed by atoms with Gasteiger partial charge < -0.3 is 4.74 Å². The van der Waals surface area contributed by atoms with Crippen molar-refractivity contribution in [3.8, 4) is 11.8 Å². The molecule has 66 valence electrons. The van der Waals surface area contributed by atoms with Crippen LogP contribution in [0.1, 0.15) is 13.8 Å². The van der Waals surface area contributed by atoms with E-state index in [1.807, 2.05) is 13.0 Å². The Morgan fingerprint density at radius 3 is 2.83 bits per heavy atom. The normalized spacial score (nSPS) is 33.1. The summed E-state index contributed by atoms with van der Waals surface area (Å²) >= 11 is 0. The van der Waals surface area contributed by atoms with Crippen molar-refractivity contribution in [2.45, 2.75) is 13.8 Å². The van der Waals surface area contributed by atoms with Gasteiger partial charge in [0.2, 0.25) is 0 Å². The molecule has 0 saturated heterocycles. The lowest BCUT2D eigenvalue weighted by atomic mass is 10.3. The summed E-state index contributed by atoms with van der Waals surface area (Å²) in [6.45, 7) is 5.00. The molecule has 0 radical (unpaired) electrons. The van der Waals surface area contributed by atoms with Crippen LogP contribution in [-0.4, -0.2) is 13.7 Å². The number of hydrogen-bond acceptors (Lipinski definition) is 1. The van der Waals surface area contributed by atoms with Crippen LogP contribution in [0.3, 0.4) is 0 Å². The van der Waals surface area contributed by atoms with Crippen LogP contribution < -0.4 is 0 Å². The minimum atomic E-state index is 0.700. The average Bonchev–Trinajstić information content (AvgIpc) is 2.65. The number of allylic oxidation sites excluding steroid dienone is 2. The molecule has 1 aliphatic rings. The number of hydrogen-bond donors (Lipinski definition) is 0. The van der Waals surface area contributed by atoms with Gasteiger partial charge in [0.05, 0.1) is 0 Å². The van der Waals surface area contributed by atoms with E-state index in [1.165, 1.54) is 0 Å². The van der Waals surface area contributed by atoms with Crippen molar-refractivity contribution in [3.63, 3.8) is 0 Å². The molecule has 1 nitrogen and oxygen atoms in total. The Bertz CT molecular complexity index is 219. The van der Waals surface area contributed by atoms with Crippen LogP contribution in [0.4, 0.5) is 0 Å². The summed E-state index contributed by atoms with van der Waals surface area (Å²) in [5.41, 5.74) is 0. The van der Waals surface area contributed by atoms with E-state index < -0.39 is 0 Å². The molecule has 0 N–H and O–H groups in total. The molecule has 3 unspecified atom stereocenters. The number of ether oxygens (including phenoxy) is 1. The van der Waals surface area contributed by atoms with Gasteiger partial charge in [0.25, 0.3) is 0 Å². The molecular formula is C11H16O. The fraction of sp³-hybridized carbons (Fsp3) is 0.636. The second-order valence-corrected chi connectivity index (χ2v) is 3.31. The second kappa shape index (κ2) is 4.33. The molecule has 0 spiro atoms. The third-order valence-corrected chi connectivity index (χ3v) is 2.54. The maximum absolute atomic E-state index is 5.10. The van der Waals surface area contributed by atoms with Crippen LogP contribution in [0.15, 0.2) is 12.2 Å². The fourth-order valence-electron chi connectivity index (χ4n) is 1.60. The minimum Gasteiger partial charge on any atom is -0.384 e. The van der Waals surface area contributed by atoms with Crippen molar-refractivity contribution in [1.29, 1.82) is 0 Å². The molecule has 3 atom stereocenters. The Morgan fingerprint density at radius 1 is 1.50 bits per heavy atom. The van der Waals surface area contributed by atoms with Crippen molar-refractivity contribution >= 4 is 0 Å². The first-order chi connectivity index (χ1) is 5.81. The summed E-state index contributed by atoms with van der Waals surface area (Å²) in [5, 5.41) is 0. The maximum Gasteiger partial charge on any atom is 0.0499 e. The molecule has 1 fully saturated rings. The predicted molar refractivity (Wildman–Crippen MR) is 50.6 cm³/mol. The summed E-state index contributed by atoms with van der Waals surface area (Å²) in [6, 6.07) is 0. The molecule has 0 aliphatic heterocycles. The Balaban J connectivity index is 2.31. The predicted octanol–water partition coefficient (Wildman–Crippen LogP) is 2.09. The van der Waals surface area contributed by atoms with Gasteiger partial charge in [0, 0.05) is 13.7 Å². The standard InChI is InChI=1S/C11H16O/c1-4-5-6-7-10-9(2)11(10)8-12-3/h6-7,9-11H,8H2,1-3H3. The van der Waals surface area contributed by atoms with Crippen molar-refractivity contribution in [2.24, 2.45) is 17.8 Å². The largest absolute Gasteiger partial charge is 0.384 e. The molecule has 1 heteroatoms. The minimum absolute atomic E-state index is 0.700. The highest BCUT2D eigenvalue weighted by Crippen LogP contribution is 2.46.